The average Bonchev–Trinajstić information content (AvgIpc) is 2.61. The molecule has 0 aliphatic carbocycles. The lowest BCUT2D eigenvalue weighted by Crippen LogP contribution is -2.37. The largest absolute Gasteiger partial charge is 0.378 e. The van der Waals surface area contributed by atoms with Gasteiger partial charge in [-0.05, 0) is 31.2 Å². The minimum Gasteiger partial charge on any atom is -0.378 e. The van der Waals surface area contributed by atoms with Crippen LogP contribution in [-0.2, 0) is 11.3 Å². The monoisotopic (exact) mass is 312 g/mol. The van der Waals surface area contributed by atoms with Gasteiger partial charge in [0.15, 0.2) is 0 Å². The van der Waals surface area contributed by atoms with Crippen molar-refractivity contribution in [3.8, 4) is 0 Å². The van der Waals surface area contributed by atoms with E-state index in [-0.39, 0.29) is 5.91 Å². The van der Waals surface area contributed by atoms with Crippen LogP contribution in [0.1, 0.15) is 21.9 Å². The SMILES string of the molecule is Cc1cccc(C(=O)NCc2cccc(N3CCOCC3)n2)n1. The van der Waals surface area contributed by atoms with Gasteiger partial charge in [-0.15, -0.1) is 0 Å². The summed E-state index contributed by atoms with van der Waals surface area (Å²) in [6, 6.07) is 11.3. The molecule has 1 aliphatic heterocycles. The Morgan fingerprint density at radius 3 is 2.74 bits per heavy atom. The van der Waals surface area contributed by atoms with Crippen molar-refractivity contribution in [2.24, 2.45) is 0 Å². The molecule has 0 bridgehead atoms. The molecule has 3 heterocycles. The zero-order valence-corrected chi connectivity index (χ0v) is 13.2. The van der Waals surface area contributed by atoms with E-state index in [1.165, 1.54) is 0 Å². The normalized spacial score (nSPS) is 14.6. The van der Waals surface area contributed by atoms with Crippen molar-refractivity contribution in [1.29, 1.82) is 0 Å². The molecule has 1 fully saturated rings. The second-order valence-electron chi connectivity index (χ2n) is 5.43. The number of morpholine rings is 1. The highest BCUT2D eigenvalue weighted by Crippen LogP contribution is 2.13. The van der Waals surface area contributed by atoms with Crippen LogP contribution in [0.3, 0.4) is 0 Å². The summed E-state index contributed by atoms with van der Waals surface area (Å²) >= 11 is 0. The molecule has 2 aromatic heterocycles. The van der Waals surface area contributed by atoms with Gasteiger partial charge in [-0.3, -0.25) is 4.79 Å². The lowest BCUT2D eigenvalue weighted by molar-refractivity contribution is 0.0945. The van der Waals surface area contributed by atoms with Gasteiger partial charge >= 0.3 is 0 Å². The zero-order valence-electron chi connectivity index (χ0n) is 13.2. The van der Waals surface area contributed by atoms with Gasteiger partial charge in [0.05, 0.1) is 25.5 Å². The fraction of sp³-hybridized carbons (Fsp3) is 0.353. The molecule has 0 saturated carbocycles. The molecule has 3 rings (SSSR count). The van der Waals surface area contributed by atoms with Crippen molar-refractivity contribution in [2.75, 3.05) is 31.2 Å². The van der Waals surface area contributed by atoms with Crippen LogP contribution in [0.15, 0.2) is 36.4 Å². The Morgan fingerprint density at radius 1 is 1.17 bits per heavy atom. The van der Waals surface area contributed by atoms with Crippen LogP contribution in [0.25, 0.3) is 0 Å². The first kappa shape index (κ1) is 15.4. The molecular formula is C17H20N4O2. The summed E-state index contributed by atoms with van der Waals surface area (Å²) in [6.45, 7) is 5.38. The fourth-order valence-corrected chi connectivity index (χ4v) is 2.46. The lowest BCUT2D eigenvalue weighted by atomic mass is 10.3. The number of ether oxygens (including phenoxy) is 1. The second-order valence-corrected chi connectivity index (χ2v) is 5.43. The van der Waals surface area contributed by atoms with E-state index < -0.39 is 0 Å². The van der Waals surface area contributed by atoms with E-state index in [0.29, 0.717) is 12.2 Å². The van der Waals surface area contributed by atoms with E-state index in [2.05, 4.69) is 20.2 Å². The number of aryl methyl sites for hydroxylation is 1. The summed E-state index contributed by atoms with van der Waals surface area (Å²) in [6.07, 6.45) is 0. The standard InChI is InChI=1S/C17H20N4O2/c1-13-4-2-6-15(19-13)17(22)18-12-14-5-3-7-16(20-14)21-8-10-23-11-9-21/h2-7H,8-12H2,1H3,(H,18,22). The van der Waals surface area contributed by atoms with Crippen molar-refractivity contribution in [2.45, 2.75) is 13.5 Å². The first-order valence-corrected chi connectivity index (χ1v) is 7.73. The van der Waals surface area contributed by atoms with Gasteiger partial charge < -0.3 is 15.0 Å². The third kappa shape index (κ3) is 4.04. The van der Waals surface area contributed by atoms with Gasteiger partial charge in [-0.1, -0.05) is 12.1 Å². The maximum atomic E-state index is 12.1. The van der Waals surface area contributed by atoms with Crippen LogP contribution >= 0.6 is 0 Å². The Balaban J connectivity index is 1.63. The first-order valence-electron chi connectivity index (χ1n) is 7.73. The van der Waals surface area contributed by atoms with Crippen molar-refractivity contribution in [3.05, 3.63) is 53.5 Å². The number of rotatable bonds is 4. The van der Waals surface area contributed by atoms with Gasteiger partial charge in [0, 0.05) is 18.8 Å². The van der Waals surface area contributed by atoms with E-state index in [1.807, 2.05) is 37.3 Å². The molecule has 1 N–H and O–H groups in total. The minimum atomic E-state index is -0.188. The number of hydrogen-bond acceptors (Lipinski definition) is 5. The highest BCUT2D eigenvalue weighted by molar-refractivity contribution is 5.92. The number of pyridine rings is 2. The highest BCUT2D eigenvalue weighted by atomic mass is 16.5. The van der Waals surface area contributed by atoms with E-state index in [1.54, 1.807) is 6.07 Å². The Morgan fingerprint density at radius 2 is 1.96 bits per heavy atom. The first-order chi connectivity index (χ1) is 11.2. The van der Waals surface area contributed by atoms with E-state index in [9.17, 15) is 4.79 Å². The molecule has 1 saturated heterocycles. The zero-order chi connectivity index (χ0) is 16.1. The van der Waals surface area contributed by atoms with E-state index in [4.69, 9.17) is 4.74 Å². The molecule has 1 aliphatic rings. The van der Waals surface area contributed by atoms with Crippen molar-refractivity contribution >= 4 is 11.7 Å². The van der Waals surface area contributed by atoms with Gasteiger partial charge in [0.25, 0.3) is 5.91 Å². The Kier molecular flexibility index (Phi) is 4.83. The molecule has 0 atom stereocenters. The fourth-order valence-electron chi connectivity index (χ4n) is 2.46. The van der Waals surface area contributed by atoms with Crippen LogP contribution in [0.5, 0.6) is 0 Å². The summed E-state index contributed by atoms with van der Waals surface area (Å²) in [5, 5.41) is 2.87. The number of carbonyl (C=O) groups is 1. The maximum Gasteiger partial charge on any atom is 0.270 e. The molecule has 6 heteroatoms. The molecule has 0 spiro atoms. The summed E-state index contributed by atoms with van der Waals surface area (Å²) in [4.78, 5) is 23.2. The van der Waals surface area contributed by atoms with Gasteiger partial charge in [-0.2, -0.15) is 0 Å². The molecule has 1 amide bonds. The number of hydrogen-bond donors (Lipinski definition) is 1. The predicted molar refractivity (Wildman–Crippen MR) is 87.4 cm³/mol. The number of amides is 1. The maximum absolute atomic E-state index is 12.1. The quantitative estimate of drug-likeness (QED) is 0.928. The third-order valence-electron chi connectivity index (χ3n) is 3.68. The van der Waals surface area contributed by atoms with Crippen molar-refractivity contribution in [1.82, 2.24) is 15.3 Å². The summed E-state index contributed by atoms with van der Waals surface area (Å²) in [5.74, 6) is 0.737. The third-order valence-corrected chi connectivity index (χ3v) is 3.68. The highest BCUT2D eigenvalue weighted by Gasteiger charge is 2.13. The number of carbonyl (C=O) groups excluding carboxylic acids is 1. The molecule has 6 nitrogen and oxygen atoms in total. The van der Waals surface area contributed by atoms with Crippen LogP contribution in [0.4, 0.5) is 5.82 Å². The topological polar surface area (TPSA) is 67.4 Å². The molecule has 23 heavy (non-hydrogen) atoms. The summed E-state index contributed by atoms with van der Waals surface area (Å²) in [7, 11) is 0. The van der Waals surface area contributed by atoms with E-state index in [0.717, 1.165) is 43.5 Å². The van der Waals surface area contributed by atoms with Crippen LogP contribution in [0, 0.1) is 6.92 Å². The van der Waals surface area contributed by atoms with E-state index >= 15 is 0 Å². The molecular weight excluding hydrogens is 292 g/mol. The summed E-state index contributed by atoms with van der Waals surface area (Å²) < 4.78 is 5.36. The number of anilines is 1. The summed E-state index contributed by atoms with van der Waals surface area (Å²) in [5.41, 5.74) is 2.08. The molecule has 0 radical (unpaired) electrons. The average molecular weight is 312 g/mol. The number of aromatic nitrogens is 2. The smallest absolute Gasteiger partial charge is 0.270 e. The molecule has 2 aromatic rings. The molecule has 0 unspecified atom stereocenters. The number of nitrogens with zero attached hydrogens (tertiary/aromatic N) is 3. The van der Waals surface area contributed by atoms with Gasteiger partial charge in [0.1, 0.15) is 11.5 Å². The molecule has 0 aromatic carbocycles. The Hall–Kier alpha value is -2.47. The van der Waals surface area contributed by atoms with Gasteiger partial charge in [0.2, 0.25) is 0 Å². The second kappa shape index (κ2) is 7.19. The lowest BCUT2D eigenvalue weighted by Gasteiger charge is -2.28. The predicted octanol–water partition coefficient (Wildman–Crippen LogP) is 1.55. The van der Waals surface area contributed by atoms with Crippen LogP contribution in [-0.4, -0.2) is 42.2 Å². The van der Waals surface area contributed by atoms with Gasteiger partial charge in [-0.25, -0.2) is 9.97 Å². The van der Waals surface area contributed by atoms with Crippen molar-refractivity contribution < 1.29 is 9.53 Å². The Bertz CT molecular complexity index is 684. The number of nitrogens with one attached hydrogen (secondary N) is 1. The minimum absolute atomic E-state index is 0.188. The Labute approximate surface area is 135 Å². The molecule has 120 valence electrons. The van der Waals surface area contributed by atoms with Crippen molar-refractivity contribution in [3.63, 3.8) is 0 Å². The van der Waals surface area contributed by atoms with Crippen LogP contribution in [0.2, 0.25) is 0 Å². The van der Waals surface area contributed by atoms with Crippen LogP contribution < -0.4 is 10.2 Å².